The summed E-state index contributed by atoms with van der Waals surface area (Å²) < 4.78 is 53.7. The fourth-order valence-corrected chi connectivity index (χ4v) is 3.84. The molecule has 0 radical (unpaired) electrons. The van der Waals surface area contributed by atoms with E-state index in [0.29, 0.717) is 30.9 Å². The fraction of sp³-hybridized carbons (Fsp3) is 0.176. The Morgan fingerprint density at radius 1 is 1.15 bits per heavy atom. The van der Waals surface area contributed by atoms with E-state index in [1.807, 2.05) is 0 Å². The Labute approximate surface area is 159 Å². The minimum atomic E-state index is -3.85. The highest BCUT2D eigenvalue weighted by atomic mass is 35.5. The van der Waals surface area contributed by atoms with Crippen LogP contribution in [0.5, 0.6) is 0 Å². The molecule has 2 aromatic carbocycles. The van der Waals surface area contributed by atoms with Crippen LogP contribution >= 0.6 is 11.6 Å². The van der Waals surface area contributed by atoms with Gasteiger partial charge in [0, 0.05) is 18.7 Å². The second-order valence-electron chi connectivity index (χ2n) is 5.77. The van der Waals surface area contributed by atoms with E-state index in [0.717, 1.165) is 6.42 Å². The van der Waals surface area contributed by atoms with Crippen LogP contribution in [0.25, 0.3) is 0 Å². The van der Waals surface area contributed by atoms with E-state index in [-0.39, 0.29) is 21.2 Å². The second-order valence-corrected chi connectivity index (χ2v) is 7.86. The van der Waals surface area contributed by atoms with Crippen molar-refractivity contribution >= 4 is 39.1 Å². The van der Waals surface area contributed by atoms with Crippen LogP contribution in [-0.4, -0.2) is 26.7 Å². The number of halogens is 3. The molecular formula is C17H14ClF2N3O3S. The van der Waals surface area contributed by atoms with Gasteiger partial charge >= 0.3 is 0 Å². The van der Waals surface area contributed by atoms with Crippen molar-refractivity contribution in [2.75, 3.05) is 11.9 Å². The molecule has 1 heterocycles. The molecule has 10 heteroatoms. The molecule has 142 valence electrons. The number of carbonyl (C=O) groups excluding carboxylic acids is 1. The number of benzene rings is 2. The highest BCUT2D eigenvalue weighted by Crippen LogP contribution is 2.22. The Kier molecular flexibility index (Phi) is 5.43. The van der Waals surface area contributed by atoms with Crippen LogP contribution in [0, 0.1) is 11.6 Å². The lowest BCUT2D eigenvalue weighted by atomic mass is 10.2. The number of sulfonamides is 1. The zero-order valence-electron chi connectivity index (χ0n) is 13.8. The molecule has 2 N–H and O–H groups in total. The molecule has 1 aliphatic rings. The van der Waals surface area contributed by atoms with E-state index in [4.69, 9.17) is 11.6 Å². The van der Waals surface area contributed by atoms with E-state index >= 15 is 0 Å². The summed E-state index contributed by atoms with van der Waals surface area (Å²) in [5.41, 5.74) is -0.126. The molecule has 0 aliphatic carbocycles. The van der Waals surface area contributed by atoms with Gasteiger partial charge in [-0.3, -0.25) is 14.5 Å². The van der Waals surface area contributed by atoms with E-state index < -0.39 is 27.6 Å². The average molecular weight is 414 g/mol. The van der Waals surface area contributed by atoms with E-state index in [2.05, 4.69) is 15.0 Å². The van der Waals surface area contributed by atoms with Crippen molar-refractivity contribution < 1.29 is 22.0 Å². The first kappa shape index (κ1) is 19.2. The standard InChI is InChI=1S/C17H14ClF2N3O3S/c18-13-9-15(20)14(19)8-12(13)17(24)22-10-3-1-4-11(7-10)27(25,26)23-16-5-2-6-21-16/h1,3-4,7-9H,2,5-6H2,(H,21,23)(H,22,24). The van der Waals surface area contributed by atoms with Crippen LogP contribution in [0.4, 0.5) is 14.5 Å². The van der Waals surface area contributed by atoms with Crippen molar-refractivity contribution in [2.45, 2.75) is 17.7 Å². The normalized spacial score (nSPS) is 14.0. The molecule has 3 rings (SSSR count). The van der Waals surface area contributed by atoms with Crippen molar-refractivity contribution in [2.24, 2.45) is 4.99 Å². The van der Waals surface area contributed by atoms with Crippen molar-refractivity contribution in [1.29, 1.82) is 0 Å². The van der Waals surface area contributed by atoms with Gasteiger partial charge in [-0.2, -0.15) is 0 Å². The topological polar surface area (TPSA) is 87.6 Å². The zero-order chi connectivity index (χ0) is 19.6. The summed E-state index contributed by atoms with van der Waals surface area (Å²) >= 11 is 5.78. The van der Waals surface area contributed by atoms with Gasteiger partial charge in [-0.05, 0) is 36.8 Å². The lowest BCUT2D eigenvalue weighted by molar-refractivity contribution is 0.102. The number of anilines is 1. The molecule has 1 amide bonds. The molecule has 6 nitrogen and oxygen atoms in total. The second kappa shape index (κ2) is 7.61. The molecule has 0 unspecified atom stereocenters. The van der Waals surface area contributed by atoms with Gasteiger partial charge in [0.15, 0.2) is 11.6 Å². The predicted molar refractivity (Wildman–Crippen MR) is 97.6 cm³/mol. The maximum Gasteiger partial charge on any atom is 0.262 e. The highest BCUT2D eigenvalue weighted by molar-refractivity contribution is 7.90. The Hall–Kier alpha value is -2.52. The van der Waals surface area contributed by atoms with Crippen LogP contribution in [0.1, 0.15) is 23.2 Å². The van der Waals surface area contributed by atoms with Gasteiger partial charge in [0.05, 0.1) is 15.5 Å². The first-order valence-electron chi connectivity index (χ1n) is 7.88. The lowest BCUT2D eigenvalue weighted by Crippen LogP contribution is -2.29. The summed E-state index contributed by atoms with van der Waals surface area (Å²) in [4.78, 5) is 16.2. The fourth-order valence-electron chi connectivity index (χ4n) is 2.47. The summed E-state index contributed by atoms with van der Waals surface area (Å²) in [7, 11) is -3.85. The minimum absolute atomic E-state index is 0.0775. The predicted octanol–water partition coefficient (Wildman–Crippen LogP) is 3.34. The number of amides is 1. The third-order valence-corrected chi connectivity index (χ3v) is 5.47. The molecule has 2 aromatic rings. The number of nitrogens with zero attached hydrogens (tertiary/aromatic N) is 1. The Morgan fingerprint density at radius 2 is 1.89 bits per heavy atom. The molecule has 0 saturated heterocycles. The molecule has 27 heavy (non-hydrogen) atoms. The molecule has 0 spiro atoms. The maximum absolute atomic E-state index is 13.4. The molecule has 0 saturated carbocycles. The third-order valence-electron chi connectivity index (χ3n) is 3.78. The van der Waals surface area contributed by atoms with E-state index in [9.17, 15) is 22.0 Å². The van der Waals surface area contributed by atoms with Gasteiger partial charge in [-0.15, -0.1) is 0 Å². The Bertz CT molecular complexity index is 1040. The van der Waals surface area contributed by atoms with Gasteiger partial charge in [-0.1, -0.05) is 17.7 Å². The van der Waals surface area contributed by atoms with E-state index in [1.54, 1.807) is 0 Å². The summed E-state index contributed by atoms with van der Waals surface area (Å²) in [5.74, 6) is -2.81. The van der Waals surface area contributed by atoms with Crippen LogP contribution in [0.3, 0.4) is 0 Å². The molecule has 0 fully saturated rings. The molecular weight excluding hydrogens is 400 g/mol. The smallest absolute Gasteiger partial charge is 0.262 e. The number of aliphatic imine (C=N–C) groups is 1. The molecule has 0 atom stereocenters. The Balaban J connectivity index is 1.81. The SMILES string of the molecule is O=C(Nc1cccc(S(=O)(=O)NC2=NCCC2)c1)c1cc(F)c(F)cc1Cl. The average Bonchev–Trinajstić information content (AvgIpc) is 3.10. The lowest BCUT2D eigenvalue weighted by Gasteiger charge is -2.11. The molecule has 0 bridgehead atoms. The van der Waals surface area contributed by atoms with Gasteiger partial charge in [0.1, 0.15) is 5.84 Å². The van der Waals surface area contributed by atoms with Crippen molar-refractivity contribution in [3.8, 4) is 0 Å². The first-order valence-corrected chi connectivity index (χ1v) is 9.74. The Morgan fingerprint density at radius 3 is 2.59 bits per heavy atom. The summed E-state index contributed by atoms with van der Waals surface area (Å²) in [6, 6.07) is 6.86. The number of amidine groups is 1. The van der Waals surface area contributed by atoms with Crippen molar-refractivity contribution in [3.05, 3.63) is 58.6 Å². The molecule has 1 aliphatic heterocycles. The van der Waals surface area contributed by atoms with Gasteiger partial charge in [0.2, 0.25) is 0 Å². The quantitative estimate of drug-likeness (QED) is 0.753. The van der Waals surface area contributed by atoms with E-state index in [1.165, 1.54) is 24.3 Å². The maximum atomic E-state index is 13.4. The van der Waals surface area contributed by atoms with Gasteiger partial charge in [0.25, 0.3) is 15.9 Å². The summed E-state index contributed by atoms with van der Waals surface area (Å²) in [6.45, 7) is 0.572. The first-order chi connectivity index (χ1) is 12.8. The molecule has 0 aromatic heterocycles. The largest absolute Gasteiger partial charge is 0.322 e. The summed E-state index contributed by atoms with van der Waals surface area (Å²) in [5, 5.41) is 2.15. The monoisotopic (exact) mass is 413 g/mol. The number of rotatable bonds is 4. The third kappa shape index (κ3) is 4.42. The number of hydrogen-bond donors (Lipinski definition) is 2. The van der Waals surface area contributed by atoms with Crippen molar-refractivity contribution in [1.82, 2.24) is 4.72 Å². The zero-order valence-corrected chi connectivity index (χ0v) is 15.4. The number of carbonyl (C=O) groups is 1. The minimum Gasteiger partial charge on any atom is -0.322 e. The number of hydrogen-bond acceptors (Lipinski definition) is 4. The van der Waals surface area contributed by atoms with Crippen molar-refractivity contribution in [3.63, 3.8) is 0 Å². The van der Waals surface area contributed by atoms with Crippen LogP contribution in [-0.2, 0) is 10.0 Å². The number of nitrogens with one attached hydrogen (secondary N) is 2. The van der Waals surface area contributed by atoms with Gasteiger partial charge < -0.3 is 5.32 Å². The summed E-state index contributed by atoms with van der Waals surface area (Å²) in [6.07, 6.45) is 1.33. The van der Waals surface area contributed by atoms with Crippen LogP contribution in [0.2, 0.25) is 5.02 Å². The highest BCUT2D eigenvalue weighted by Gasteiger charge is 2.20. The van der Waals surface area contributed by atoms with Crippen LogP contribution in [0.15, 0.2) is 46.3 Å². The van der Waals surface area contributed by atoms with Gasteiger partial charge in [-0.25, -0.2) is 17.2 Å². The van der Waals surface area contributed by atoms with Crippen LogP contribution < -0.4 is 10.0 Å².